The third kappa shape index (κ3) is 10.5. The molecule has 0 aromatic heterocycles. The van der Waals surface area contributed by atoms with Gasteiger partial charge in [-0.2, -0.15) is 0 Å². The standard InChI is InChI=1S/C22H39N5O2.HI/c1-21(2,3)29-20(28)27(9)15-18-12-10-17(11-13-18)14-24-19(23-6)25-16-22(4,5)26(7)8;/h10-13H,14-16H2,1-9H3,(H2,23,24,25);1H. The molecule has 172 valence electrons. The zero-order chi connectivity index (χ0) is 22.2. The molecule has 0 saturated carbocycles. The summed E-state index contributed by atoms with van der Waals surface area (Å²) in [6.07, 6.45) is -0.321. The van der Waals surface area contributed by atoms with E-state index < -0.39 is 5.60 Å². The van der Waals surface area contributed by atoms with Crippen molar-refractivity contribution in [2.45, 2.75) is 58.8 Å². The van der Waals surface area contributed by atoms with Crippen LogP contribution in [-0.2, 0) is 17.8 Å². The maximum atomic E-state index is 12.1. The number of likely N-dealkylation sites (N-methyl/N-ethyl adjacent to an activating group) is 1. The van der Waals surface area contributed by atoms with Crippen LogP contribution in [0.5, 0.6) is 0 Å². The molecule has 0 radical (unpaired) electrons. The van der Waals surface area contributed by atoms with Crippen molar-refractivity contribution in [2.24, 2.45) is 4.99 Å². The Hall–Kier alpha value is -1.55. The topological polar surface area (TPSA) is 69.2 Å². The molecule has 0 saturated heterocycles. The number of amides is 1. The molecule has 0 atom stereocenters. The van der Waals surface area contributed by atoms with Crippen molar-refractivity contribution in [2.75, 3.05) is 34.7 Å². The smallest absolute Gasteiger partial charge is 0.410 e. The van der Waals surface area contributed by atoms with Gasteiger partial charge in [-0.1, -0.05) is 24.3 Å². The molecule has 0 aliphatic heterocycles. The van der Waals surface area contributed by atoms with E-state index in [1.807, 2.05) is 32.9 Å². The van der Waals surface area contributed by atoms with Crippen molar-refractivity contribution in [3.63, 3.8) is 0 Å². The number of hydrogen-bond acceptors (Lipinski definition) is 4. The maximum Gasteiger partial charge on any atom is 0.410 e. The van der Waals surface area contributed by atoms with Gasteiger partial charge in [0.15, 0.2) is 5.96 Å². The summed E-state index contributed by atoms with van der Waals surface area (Å²) in [5.74, 6) is 0.772. The summed E-state index contributed by atoms with van der Waals surface area (Å²) in [6, 6.07) is 8.18. The highest BCUT2D eigenvalue weighted by Crippen LogP contribution is 2.12. The van der Waals surface area contributed by atoms with E-state index in [0.29, 0.717) is 13.1 Å². The minimum atomic E-state index is -0.491. The lowest BCUT2D eigenvalue weighted by Crippen LogP contribution is -2.50. The highest BCUT2D eigenvalue weighted by atomic mass is 127. The molecule has 0 unspecified atom stereocenters. The van der Waals surface area contributed by atoms with E-state index in [1.54, 1.807) is 19.0 Å². The summed E-state index contributed by atoms with van der Waals surface area (Å²) < 4.78 is 5.39. The van der Waals surface area contributed by atoms with Gasteiger partial charge in [0.2, 0.25) is 0 Å². The minimum absolute atomic E-state index is 0. The highest BCUT2D eigenvalue weighted by molar-refractivity contribution is 14.0. The zero-order valence-electron chi connectivity index (χ0n) is 20.0. The molecule has 0 aliphatic carbocycles. The normalized spacial score (nSPS) is 12.3. The monoisotopic (exact) mass is 533 g/mol. The molecule has 1 rings (SSSR count). The van der Waals surface area contributed by atoms with Gasteiger partial charge >= 0.3 is 6.09 Å². The average molecular weight is 533 g/mol. The minimum Gasteiger partial charge on any atom is -0.444 e. The Labute approximate surface area is 199 Å². The number of carbonyl (C=O) groups is 1. The molecule has 0 fully saturated rings. The van der Waals surface area contributed by atoms with Crippen molar-refractivity contribution < 1.29 is 9.53 Å². The lowest BCUT2D eigenvalue weighted by molar-refractivity contribution is 0.0285. The fourth-order valence-corrected chi connectivity index (χ4v) is 2.31. The number of carbonyl (C=O) groups excluding carboxylic acids is 1. The first-order valence-electron chi connectivity index (χ1n) is 9.98. The number of rotatable bonds is 7. The van der Waals surface area contributed by atoms with Crippen LogP contribution in [0.3, 0.4) is 0 Å². The second kappa shape index (κ2) is 12.3. The van der Waals surface area contributed by atoms with Crippen LogP contribution in [0.1, 0.15) is 45.7 Å². The first kappa shape index (κ1) is 28.5. The van der Waals surface area contributed by atoms with Crippen molar-refractivity contribution in [1.29, 1.82) is 0 Å². The van der Waals surface area contributed by atoms with Crippen molar-refractivity contribution in [3.8, 4) is 0 Å². The van der Waals surface area contributed by atoms with E-state index in [-0.39, 0.29) is 35.6 Å². The van der Waals surface area contributed by atoms with Crippen molar-refractivity contribution in [1.82, 2.24) is 20.4 Å². The predicted molar refractivity (Wildman–Crippen MR) is 136 cm³/mol. The fraction of sp³-hybridized carbons (Fsp3) is 0.636. The first-order valence-corrected chi connectivity index (χ1v) is 9.98. The number of nitrogens with zero attached hydrogens (tertiary/aromatic N) is 3. The maximum absolute atomic E-state index is 12.1. The fourth-order valence-electron chi connectivity index (χ4n) is 2.31. The zero-order valence-corrected chi connectivity index (χ0v) is 22.3. The molecule has 2 N–H and O–H groups in total. The predicted octanol–water partition coefficient (Wildman–Crippen LogP) is 3.68. The third-order valence-electron chi connectivity index (χ3n) is 4.73. The molecular formula is C22H40IN5O2. The summed E-state index contributed by atoms with van der Waals surface area (Å²) in [7, 11) is 7.65. The molecule has 8 heteroatoms. The van der Waals surface area contributed by atoms with E-state index in [2.05, 4.69) is 60.6 Å². The number of benzene rings is 1. The largest absolute Gasteiger partial charge is 0.444 e. The van der Waals surface area contributed by atoms with Gasteiger partial charge in [0, 0.05) is 39.3 Å². The lowest BCUT2D eigenvalue weighted by Gasteiger charge is -2.33. The number of guanidine groups is 1. The molecule has 7 nitrogen and oxygen atoms in total. The second-order valence-corrected chi connectivity index (χ2v) is 9.14. The van der Waals surface area contributed by atoms with Crippen molar-refractivity contribution >= 4 is 36.0 Å². The summed E-state index contributed by atoms with van der Waals surface area (Å²) in [5, 5.41) is 6.71. The Morgan fingerprint density at radius 2 is 1.53 bits per heavy atom. The second-order valence-electron chi connectivity index (χ2n) is 9.14. The molecule has 0 spiro atoms. The van der Waals surface area contributed by atoms with Gasteiger partial charge in [-0.25, -0.2) is 4.79 Å². The molecule has 1 aromatic carbocycles. The van der Waals surface area contributed by atoms with E-state index in [1.165, 1.54) is 0 Å². The molecule has 0 heterocycles. The van der Waals surface area contributed by atoms with Gasteiger partial charge in [-0.15, -0.1) is 24.0 Å². The number of aliphatic imine (C=N–C) groups is 1. The van der Waals surface area contributed by atoms with Crippen LogP contribution >= 0.6 is 24.0 Å². The van der Waals surface area contributed by atoms with E-state index in [4.69, 9.17) is 4.74 Å². The summed E-state index contributed by atoms with van der Waals surface area (Å²) in [6.45, 7) is 11.9. The van der Waals surface area contributed by atoms with Crippen LogP contribution in [0, 0.1) is 0 Å². The summed E-state index contributed by atoms with van der Waals surface area (Å²) in [5.41, 5.74) is 1.73. The van der Waals surface area contributed by atoms with Crippen molar-refractivity contribution in [3.05, 3.63) is 35.4 Å². The quantitative estimate of drug-likeness (QED) is 0.318. The SMILES string of the molecule is CN=C(NCc1ccc(CN(C)C(=O)OC(C)(C)C)cc1)NCC(C)(C)N(C)C.I. The Kier molecular flexibility index (Phi) is 11.7. The molecule has 30 heavy (non-hydrogen) atoms. The van der Waals surface area contributed by atoms with Crippen LogP contribution in [0.2, 0.25) is 0 Å². The van der Waals surface area contributed by atoms with Gasteiger partial charge in [0.25, 0.3) is 0 Å². The molecular weight excluding hydrogens is 493 g/mol. The first-order chi connectivity index (χ1) is 13.3. The number of ether oxygens (including phenoxy) is 1. The van der Waals surface area contributed by atoms with Crippen LogP contribution in [0.4, 0.5) is 4.79 Å². The average Bonchev–Trinajstić information content (AvgIpc) is 2.61. The van der Waals surface area contributed by atoms with Gasteiger partial charge in [0.1, 0.15) is 5.60 Å². The molecule has 1 amide bonds. The van der Waals surface area contributed by atoms with E-state index >= 15 is 0 Å². The summed E-state index contributed by atoms with van der Waals surface area (Å²) >= 11 is 0. The van der Waals surface area contributed by atoms with E-state index in [9.17, 15) is 4.79 Å². The Morgan fingerprint density at radius 1 is 1.00 bits per heavy atom. The Balaban J connectivity index is 0.00000841. The lowest BCUT2D eigenvalue weighted by atomic mass is 10.0. The Morgan fingerprint density at radius 3 is 2.00 bits per heavy atom. The van der Waals surface area contributed by atoms with Gasteiger partial charge in [0.05, 0.1) is 0 Å². The number of halogens is 1. The Bertz CT molecular complexity index is 682. The number of nitrogens with one attached hydrogen (secondary N) is 2. The van der Waals surface area contributed by atoms with Gasteiger partial charge in [-0.3, -0.25) is 4.99 Å². The van der Waals surface area contributed by atoms with Crippen LogP contribution in [-0.4, -0.2) is 67.7 Å². The molecule has 0 bridgehead atoms. The molecule has 0 aliphatic rings. The van der Waals surface area contributed by atoms with Gasteiger partial charge in [-0.05, 0) is 59.8 Å². The van der Waals surface area contributed by atoms with Crippen LogP contribution in [0.15, 0.2) is 29.3 Å². The molecule has 1 aromatic rings. The third-order valence-corrected chi connectivity index (χ3v) is 4.73. The highest BCUT2D eigenvalue weighted by Gasteiger charge is 2.21. The van der Waals surface area contributed by atoms with E-state index in [0.717, 1.165) is 23.6 Å². The number of hydrogen-bond donors (Lipinski definition) is 2. The summed E-state index contributed by atoms with van der Waals surface area (Å²) in [4.78, 5) is 20.1. The van der Waals surface area contributed by atoms with Gasteiger partial charge < -0.3 is 25.2 Å². The van der Waals surface area contributed by atoms with Crippen LogP contribution in [0.25, 0.3) is 0 Å². The van der Waals surface area contributed by atoms with Crippen LogP contribution < -0.4 is 10.6 Å².